The molecule has 2 aromatic carbocycles. The average Bonchev–Trinajstić information content (AvgIpc) is 2.92. The van der Waals surface area contributed by atoms with Crippen LogP contribution in [0.25, 0.3) is 0 Å². The number of aromatic nitrogens is 1. The van der Waals surface area contributed by atoms with Crippen LogP contribution >= 0.6 is 11.8 Å². The van der Waals surface area contributed by atoms with Crippen molar-refractivity contribution in [3.8, 4) is 0 Å². The van der Waals surface area contributed by atoms with Gasteiger partial charge in [-0.15, -0.1) is 11.8 Å². The number of thioether (sulfide) groups is 1. The van der Waals surface area contributed by atoms with Crippen LogP contribution in [0.3, 0.4) is 0 Å². The first-order valence-electron chi connectivity index (χ1n) is 9.53. The number of anilines is 1. The lowest BCUT2D eigenvalue weighted by atomic mass is 9.80. The van der Waals surface area contributed by atoms with Gasteiger partial charge in [0, 0.05) is 35.0 Å². The molecule has 2 aliphatic rings. The smallest absolute Gasteiger partial charge is 0.162 e. The van der Waals surface area contributed by atoms with Crippen molar-refractivity contribution in [1.29, 1.82) is 0 Å². The number of rotatable bonds is 2. The molecule has 2 heterocycles. The molecule has 0 bridgehead atoms. The third kappa shape index (κ3) is 3.14. The van der Waals surface area contributed by atoms with Gasteiger partial charge in [0.2, 0.25) is 0 Å². The van der Waals surface area contributed by atoms with Crippen LogP contribution in [0.4, 0.5) is 5.69 Å². The first-order valence-corrected chi connectivity index (χ1v) is 10.4. The number of benzene rings is 2. The number of fused-ring (bicyclic) bond motifs is 1. The number of nitrogens with zero attached hydrogens (tertiary/aromatic N) is 1. The van der Waals surface area contributed by atoms with Gasteiger partial charge in [-0.3, -0.25) is 9.78 Å². The zero-order chi connectivity index (χ0) is 18.9. The van der Waals surface area contributed by atoms with Crippen molar-refractivity contribution in [2.75, 3.05) is 5.32 Å². The fourth-order valence-electron chi connectivity index (χ4n) is 4.10. The van der Waals surface area contributed by atoms with Crippen molar-refractivity contribution in [2.45, 2.75) is 28.9 Å². The van der Waals surface area contributed by atoms with E-state index in [0.717, 1.165) is 33.8 Å². The molecule has 0 saturated carbocycles. The Morgan fingerprint density at radius 1 is 0.893 bits per heavy atom. The maximum atomic E-state index is 13.4. The highest BCUT2D eigenvalue weighted by molar-refractivity contribution is 8.00. The van der Waals surface area contributed by atoms with Gasteiger partial charge < -0.3 is 5.32 Å². The highest BCUT2D eigenvalue weighted by Crippen LogP contribution is 2.50. The summed E-state index contributed by atoms with van der Waals surface area (Å²) in [5.41, 5.74) is 5.34. The van der Waals surface area contributed by atoms with Crippen molar-refractivity contribution in [2.24, 2.45) is 0 Å². The summed E-state index contributed by atoms with van der Waals surface area (Å²) >= 11 is 1.74. The summed E-state index contributed by atoms with van der Waals surface area (Å²) < 4.78 is 0. The molecule has 0 amide bonds. The van der Waals surface area contributed by atoms with Crippen LogP contribution in [0.15, 0.2) is 95.3 Å². The van der Waals surface area contributed by atoms with E-state index in [-0.39, 0.29) is 17.0 Å². The zero-order valence-electron chi connectivity index (χ0n) is 15.3. The van der Waals surface area contributed by atoms with E-state index in [2.05, 4.69) is 40.6 Å². The Balaban J connectivity index is 1.62. The molecule has 138 valence electrons. The summed E-state index contributed by atoms with van der Waals surface area (Å²) in [6.45, 7) is 0. The van der Waals surface area contributed by atoms with Crippen molar-refractivity contribution in [3.63, 3.8) is 0 Å². The third-order valence-corrected chi connectivity index (χ3v) is 6.80. The Bertz CT molecular complexity index is 1050. The fraction of sp³-hybridized carbons (Fsp3) is 0.167. The van der Waals surface area contributed by atoms with Crippen molar-refractivity contribution in [3.05, 3.63) is 102 Å². The second kappa shape index (κ2) is 7.28. The van der Waals surface area contributed by atoms with Gasteiger partial charge in [0.1, 0.15) is 0 Å². The number of ketones is 1. The van der Waals surface area contributed by atoms with Gasteiger partial charge in [0.05, 0.1) is 10.9 Å². The highest BCUT2D eigenvalue weighted by Gasteiger charge is 2.36. The van der Waals surface area contributed by atoms with Gasteiger partial charge in [-0.2, -0.15) is 0 Å². The molecule has 1 aliphatic heterocycles. The van der Waals surface area contributed by atoms with E-state index in [4.69, 9.17) is 0 Å². The molecule has 0 fully saturated rings. The Labute approximate surface area is 168 Å². The Morgan fingerprint density at radius 2 is 1.68 bits per heavy atom. The summed E-state index contributed by atoms with van der Waals surface area (Å²) in [4.78, 5) is 18.8. The number of pyridine rings is 1. The summed E-state index contributed by atoms with van der Waals surface area (Å²) in [5, 5.41) is 3.57. The monoisotopic (exact) mass is 384 g/mol. The van der Waals surface area contributed by atoms with Gasteiger partial charge in [-0.25, -0.2) is 0 Å². The van der Waals surface area contributed by atoms with Crippen LogP contribution in [-0.2, 0) is 4.79 Å². The Hall–Kier alpha value is -2.85. The van der Waals surface area contributed by atoms with Gasteiger partial charge in [0.25, 0.3) is 0 Å². The SMILES string of the molecule is O=C1CC(c2ccccc2)CC2=C1C(c1cccnc1)Sc1ccccc1N2. The summed E-state index contributed by atoms with van der Waals surface area (Å²) in [7, 11) is 0. The molecule has 1 aromatic heterocycles. The van der Waals surface area contributed by atoms with Crippen LogP contribution < -0.4 is 5.32 Å². The highest BCUT2D eigenvalue weighted by atomic mass is 32.2. The standard InChI is InChI=1S/C24H20N2OS/c27-21-14-18(16-7-2-1-3-8-16)13-20-23(21)24(17-9-6-12-25-15-17)28-22-11-5-4-10-19(22)26-20/h1-12,15,18,24,26H,13-14H2. The number of carbonyl (C=O) groups excluding carboxylic acids is 1. The van der Waals surface area contributed by atoms with E-state index in [0.29, 0.717) is 6.42 Å². The molecule has 5 rings (SSSR count). The Kier molecular flexibility index (Phi) is 4.49. The molecule has 2 atom stereocenters. The van der Waals surface area contributed by atoms with Gasteiger partial charge in [-0.05, 0) is 41.7 Å². The zero-order valence-corrected chi connectivity index (χ0v) is 16.2. The van der Waals surface area contributed by atoms with E-state index in [1.807, 2.05) is 42.6 Å². The second-order valence-corrected chi connectivity index (χ2v) is 8.38. The molecule has 1 N–H and O–H groups in total. The van der Waals surface area contributed by atoms with Crippen LogP contribution in [0, 0.1) is 0 Å². The molecule has 2 unspecified atom stereocenters. The summed E-state index contributed by atoms with van der Waals surface area (Å²) in [6.07, 6.45) is 5.06. The summed E-state index contributed by atoms with van der Waals surface area (Å²) in [6, 6.07) is 22.7. The topological polar surface area (TPSA) is 42.0 Å². The van der Waals surface area contributed by atoms with E-state index >= 15 is 0 Å². The minimum Gasteiger partial charge on any atom is -0.358 e. The van der Waals surface area contributed by atoms with Gasteiger partial charge >= 0.3 is 0 Å². The van der Waals surface area contributed by atoms with E-state index in [9.17, 15) is 4.79 Å². The second-order valence-electron chi connectivity index (χ2n) is 7.24. The molecule has 3 nitrogen and oxygen atoms in total. The van der Waals surface area contributed by atoms with Crippen molar-refractivity contribution < 1.29 is 4.79 Å². The number of para-hydroxylation sites is 1. The van der Waals surface area contributed by atoms with E-state index in [1.165, 1.54) is 5.56 Å². The maximum Gasteiger partial charge on any atom is 0.162 e. The van der Waals surface area contributed by atoms with Gasteiger partial charge in [0.15, 0.2) is 5.78 Å². The van der Waals surface area contributed by atoms with Gasteiger partial charge in [-0.1, -0.05) is 48.5 Å². The normalized spacial score (nSPS) is 21.4. The lowest BCUT2D eigenvalue weighted by Gasteiger charge is -2.29. The van der Waals surface area contributed by atoms with Crippen molar-refractivity contribution >= 4 is 23.2 Å². The molecule has 0 radical (unpaired) electrons. The van der Waals surface area contributed by atoms with Crippen LogP contribution in [0.2, 0.25) is 0 Å². The molecular formula is C24H20N2OS. The average molecular weight is 385 g/mol. The first-order chi connectivity index (χ1) is 13.8. The predicted octanol–water partition coefficient (Wildman–Crippen LogP) is 5.74. The number of hydrogen-bond donors (Lipinski definition) is 1. The first kappa shape index (κ1) is 17.3. The lowest BCUT2D eigenvalue weighted by Crippen LogP contribution is -2.24. The number of Topliss-reactive ketones (excluding diaryl/α,β-unsaturated/α-hetero) is 1. The number of hydrogen-bond acceptors (Lipinski definition) is 4. The molecule has 28 heavy (non-hydrogen) atoms. The predicted molar refractivity (Wildman–Crippen MR) is 113 cm³/mol. The lowest BCUT2D eigenvalue weighted by molar-refractivity contribution is -0.116. The fourth-order valence-corrected chi connectivity index (χ4v) is 5.43. The molecule has 1 aliphatic carbocycles. The minimum atomic E-state index is -0.0379. The molecule has 0 spiro atoms. The van der Waals surface area contributed by atoms with E-state index < -0.39 is 0 Å². The van der Waals surface area contributed by atoms with Crippen LogP contribution in [0.5, 0.6) is 0 Å². The molecule has 3 aromatic rings. The molecule has 4 heteroatoms. The van der Waals surface area contributed by atoms with Crippen LogP contribution in [-0.4, -0.2) is 10.8 Å². The molecular weight excluding hydrogens is 364 g/mol. The Morgan fingerprint density at radius 3 is 2.50 bits per heavy atom. The molecule has 0 saturated heterocycles. The number of nitrogens with one attached hydrogen (secondary N) is 1. The quantitative estimate of drug-likeness (QED) is 0.612. The minimum absolute atomic E-state index is 0.0379. The maximum absolute atomic E-state index is 13.4. The van der Waals surface area contributed by atoms with Crippen molar-refractivity contribution in [1.82, 2.24) is 4.98 Å². The number of allylic oxidation sites excluding steroid dienone is 1. The summed E-state index contributed by atoms with van der Waals surface area (Å²) in [5.74, 6) is 0.446. The van der Waals surface area contributed by atoms with Crippen LogP contribution in [0.1, 0.15) is 35.1 Å². The van der Waals surface area contributed by atoms with E-state index in [1.54, 1.807) is 18.0 Å². The number of carbonyl (C=O) groups is 1. The third-order valence-electron chi connectivity index (χ3n) is 5.45. The largest absolute Gasteiger partial charge is 0.358 e.